The van der Waals surface area contributed by atoms with Crippen LogP contribution in [-0.2, 0) is 16.0 Å². The molecule has 0 bridgehead atoms. The molecule has 1 aromatic carbocycles. The molecule has 108 valence electrons. The number of para-hydroxylation sites is 1. The van der Waals surface area contributed by atoms with Crippen LogP contribution in [0.5, 0.6) is 0 Å². The topological polar surface area (TPSA) is 58.2 Å². The monoisotopic (exact) mass is 282 g/mol. The molecular formula is C17H18N2O2. The van der Waals surface area contributed by atoms with E-state index in [0.717, 1.165) is 36.9 Å². The molecule has 0 aromatic heterocycles. The molecule has 2 heterocycles. The van der Waals surface area contributed by atoms with E-state index in [1.54, 1.807) is 0 Å². The minimum absolute atomic E-state index is 0.00296. The lowest BCUT2D eigenvalue weighted by Crippen LogP contribution is -2.31. The van der Waals surface area contributed by atoms with Crippen molar-refractivity contribution in [3.63, 3.8) is 0 Å². The van der Waals surface area contributed by atoms with Crippen LogP contribution >= 0.6 is 0 Å². The van der Waals surface area contributed by atoms with E-state index in [9.17, 15) is 9.59 Å². The molecule has 2 unspecified atom stereocenters. The normalized spacial score (nSPS) is 31.2. The lowest BCUT2D eigenvalue weighted by molar-refractivity contribution is -0.119. The predicted molar refractivity (Wildman–Crippen MR) is 79.7 cm³/mol. The zero-order valence-corrected chi connectivity index (χ0v) is 11.8. The first-order valence-electron chi connectivity index (χ1n) is 7.67. The molecule has 1 saturated heterocycles. The number of rotatable bonds is 0. The summed E-state index contributed by atoms with van der Waals surface area (Å²) in [6.45, 7) is 0. The molecule has 2 atom stereocenters. The van der Waals surface area contributed by atoms with Crippen LogP contribution in [0.1, 0.15) is 31.2 Å². The maximum absolute atomic E-state index is 12.6. The number of fused-ring (bicyclic) bond motifs is 2. The van der Waals surface area contributed by atoms with E-state index in [4.69, 9.17) is 0 Å². The third kappa shape index (κ3) is 1.97. The summed E-state index contributed by atoms with van der Waals surface area (Å²) in [4.78, 5) is 25.0. The fourth-order valence-corrected chi connectivity index (χ4v) is 3.72. The summed E-state index contributed by atoms with van der Waals surface area (Å²) in [6.07, 6.45) is 4.61. The first-order valence-corrected chi connectivity index (χ1v) is 7.67. The quantitative estimate of drug-likeness (QED) is 0.716. The first-order chi connectivity index (χ1) is 10.2. The van der Waals surface area contributed by atoms with Gasteiger partial charge in [0.15, 0.2) is 11.6 Å². The molecule has 2 aliphatic heterocycles. The molecule has 4 rings (SSSR count). The number of carbonyl (C=O) groups excluding carboxylic acids is 2. The Morgan fingerprint density at radius 2 is 1.81 bits per heavy atom. The van der Waals surface area contributed by atoms with Gasteiger partial charge in [-0.2, -0.15) is 0 Å². The van der Waals surface area contributed by atoms with Gasteiger partial charge in [-0.15, -0.1) is 0 Å². The van der Waals surface area contributed by atoms with Gasteiger partial charge in [-0.3, -0.25) is 9.59 Å². The number of nitrogens with one attached hydrogen (secondary N) is 2. The van der Waals surface area contributed by atoms with Gasteiger partial charge in [-0.25, -0.2) is 0 Å². The fraction of sp³-hybridized carbons (Fsp3) is 0.412. The van der Waals surface area contributed by atoms with Crippen molar-refractivity contribution >= 4 is 17.3 Å². The van der Waals surface area contributed by atoms with E-state index in [1.165, 1.54) is 0 Å². The lowest BCUT2D eigenvalue weighted by Gasteiger charge is -2.23. The van der Waals surface area contributed by atoms with Crippen molar-refractivity contribution < 1.29 is 9.59 Å². The molecule has 4 heteroatoms. The van der Waals surface area contributed by atoms with Gasteiger partial charge in [-0.1, -0.05) is 31.0 Å². The second-order valence-electron chi connectivity index (χ2n) is 6.14. The summed E-state index contributed by atoms with van der Waals surface area (Å²) >= 11 is 0. The Morgan fingerprint density at radius 1 is 1.00 bits per heavy atom. The van der Waals surface area contributed by atoms with E-state index in [2.05, 4.69) is 10.6 Å². The van der Waals surface area contributed by atoms with E-state index in [-0.39, 0.29) is 23.5 Å². The van der Waals surface area contributed by atoms with E-state index in [1.807, 2.05) is 24.3 Å². The summed E-state index contributed by atoms with van der Waals surface area (Å²) in [6, 6.07) is 7.99. The molecule has 0 spiro atoms. The smallest absolute Gasteiger partial charge is 0.186 e. The molecule has 1 aliphatic carbocycles. The van der Waals surface area contributed by atoms with Crippen molar-refractivity contribution in [1.29, 1.82) is 0 Å². The number of anilines is 1. The Hall–Kier alpha value is -2.10. The highest BCUT2D eigenvalue weighted by atomic mass is 16.1. The van der Waals surface area contributed by atoms with Gasteiger partial charge in [0.1, 0.15) is 11.4 Å². The van der Waals surface area contributed by atoms with Gasteiger partial charge < -0.3 is 10.6 Å². The molecule has 4 nitrogen and oxygen atoms in total. The predicted octanol–water partition coefficient (Wildman–Crippen LogP) is 2.17. The van der Waals surface area contributed by atoms with Gasteiger partial charge in [0.25, 0.3) is 0 Å². The number of hydrogen-bond donors (Lipinski definition) is 2. The van der Waals surface area contributed by atoms with Crippen molar-refractivity contribution in [1.82, 2.24) is 5.32 Å². The lowest BCUT2D eigenvalue weighted by atomic mass is 9.84. The van der Waals surface area contributed by atoms with Gasteiger partial charge in [-0.05, 0) is 24.5 Å². The van der Waals surface area contributed by atoms with Crippen molar-refractivity contribution in [2.45, 2.75) is 38.1 Å². The Bertz CT molecular complexity index is 663. The van der Waals surface area contributed by atoms with Crippen LogP contribution < -0.4 is 10.6 Å². The maximum atomic E-state index is 12.6. The fourth-order valence-electron chi connectivity index (χ4n) is 3.72. The molecule has 0 radical (unpaired) electrons. The average molecular weight is 282 g/mol. The number of hydrogen-bond acceptors (Lipinski definition) is 4. The largest absolute Gasteiger partial charge is 0.377 e. The van der Waals surface area contributed by atoms with Crippen molar-refractivity contribution in [2.75, 3.05) is 5.32 Å². The molecule has 1 aromatic rings. The Morgan fingerprint density at radius 3 is 2.67 bits per heavy atom. The minimum Gasteiger partial charge on any atom is -0.377 e. The van der Waals surface area contributed by atoms with Crippen LogP contribution in [0.25, 0.3) is 0 Å². The van der Waals surface area contributed by atoms with Crippen LogP contribution in [-0.4, -0.2) is 17.6 Å². The number of Topliss-reactive ketones (excluding diaryl/α,β-unsaturated/α-hetero) is 2. The third-order valence-electron chi connectivity index (χ3n) is 4.84. The second kappa shape index (κ2) is 4.72. The molecular weight excluding hydrogens is 264 g/mol. The van der Waals surface area contributed by atoms with Gasteiger partial charge >= 0.3 is 0 Å². The third-order valence-corrected chi connectivity index (χ3v) is 4.84. The number of carbonyl (C=O) groups is 2. The summed E-state index contributed by atoms with van der Waals surface area (Å²) in [5, 5.41) is 6.50. The van der Waals surface area contributed by atoms with Crippen molar-refractivity contribution in [2.24, 2.45) is 5.92 Å². The molecule has 0 amide bonds. The van der Waals surface area contributed by atoms with Gasteiger partial charge in [0, 0.05) is 24.1 Å². The Labute approximate surface area is 123 Å². The first kappa shape index (κ1) is 12.6. The molecule has 1 saturated carbocycles. The second-order valence-corrected chi connectivity index (χ2v) is 6.14. The van der Waals surface area contributed by atoms with Crippen molar-refractivity contribution in [3.8, 4) is 0 Å². The van der Waals surface area contributed by atoms with Crippen LogP contribution in [0.2, 0.25) is 0 Å². The van der Waals surface area contributed by atoms with Crippen LogP contribution in [0.15, 0.2) is 35.7 Å². The number of allylic oxidation sites excluding steroid dienone is 2. The molecule has 3 aliphatic rings. The molecule has 2 fully saturated rings. The average Bonchev–Trinajstić information content (AvgIpc) is 2.84. The van der Waals surface area contributed by atoms with E-state index < -0.39 is 0 Å². The molecule has 21 heavy (non-hydrogen) atoms. The minimum atomic E-state index is 0.00296. The standard InChI is InChI=1S/C17H18N2O2/c20-14-9-10-5-1-3-7-12(10)18-15(14)16-17(21)11-6-2-4-8-13(11)19-16/h1,3,5,7,11,13,18-19H,2,4,6,8-9H2/b16-15+. The van der Waals surface area contributed by atoms with Crippen LogP contribution in [0, 0.1) is 5.92 Å². The van der Waals surface area contributed by atoms with Crippen LogP contribution in [0.4, 0.5) is 5.69 Å². The highest BCUT2D eigenvalue weighted by molar-refractivity contribution is 6.12. The zero-order valence-electron chi connectivity index (χ0n) is 11.8. The summed E-state index contributed by atoms with van der Waals surface area (Å²) in [5.74, 6) is 0.186. The van der Waals surface area contributed by atoms with E-state index >= 15 is 0 Å². The summed E-state index contributed by atoms with van der Waals surface area (Å²) in [5.41, 5.74) is 2.92. The Balaban J connectivity index is 1.72. The van der Waals surface area contributed by atoms with Gasteiger partial charge in [0.05, 0.1) is 0 Å². The number of ketones is 2. The van der Waals surface area contributed by atoms with E-state index in [0.29, 0.717) is 17.8 Å². The highest BCUT2D eigenvalue weighted by Crippen LogP contribution is 2.35. The summed E-state index contributed by atoms with van der Waals surface area (Å²) in [7, 11) is 0. The maximum Gasteiger partial charge on any atom is 0.186 e. The molecule has 2 N–H and O–H groups in total. The van der Waals surface area contributed by atoms with Gasteiger partial charge in [0.2, 0.25) is 0 Å². The number of benzene rings is 1. The summed E-state index contributed by atoms with van der Waals surface area (Å²) < 4.78 is 0. The zero-order chi connectivity index (χ0) is 14.4. The van der Waals surface area contributed by atoms with Crippen LogP contribution in [0.3, 0.4) is 0 Å². The SMILES string of the molecule is O=C1Cc2ccccc2N/C1=C1/NC2CCCCC2C1=O. The highest BCUT2D eigenvalue weighted by Gasteiger charge is 2.42. The Kier molecular flexibility index (Phi) is 2.84. The van der Waals surface area contributed by atoms with Crippen molar-refractivity contribution in [3.05, 3.63) is 41.2 Å².